The van der Waals surface area contributed by atoms with E-state index >= 15 is 0 Å². The van der Waals surface area contributed by atoms with Crippen molar-refractivity contribution in [3.8, 4) is 0 Å². The number of carbonyl (C=O) groups is 3. The van der Waals surface area contributed by atoms with Gasteiger partial charge in [0.1, 0.15) is 35.5 Å². The maximum absolute atomic E-state index is 14.2. The van der Waals surface area contributed by atoms with E-state index in [4.69, 9.17) is 33.2 Å². The van der Waals surface area contributed by atoms with E-state index < -0.39 is 102 Å². The largest absolute Gasteiger partial charge is 0.459 e. The summed E-state index contributed by atoms with van der Waals surface area (Å²) in [5, 5.41) is 48.6. The molecule has 0 radical (unpaired) electrons. The fourth-order valence-corrected chi connectivity index (χ4v) is 10.1. The minimum Gasteiger partial charge on any atom is -0.459 e. The highest BCUT2D eigenvalue weighted by Gasteiger charge is 2.54. The lowest BCUT2D eigenvalue weighted by atomic mass is 9.74. The van der Waals surface area contributed by atoms with Crippen LogP contribution in [-0.4, -0.2) is 162 Å². The van der Waals surface area contributed by atoms with E-state index in [-0.39, 0.29) is 48.9 Å². The first kappa shape index (κ1) is 58.6. The number of benzene rings is 1. The number of hydrogen-bond donors (Lipinski definition) is 5. The number of nitrogens with zero attached hydrogens (tertiary/aromatic N) is 1. The van der Waals surface area contributed by atoms with E-state index in [1.165, 1.54) is 40.2 Å². The Morgan fingerprint density at radius 2 is 1.51 bits per heavy atom. The number of carbonyl (C=O) groups excluding carboxylic acids is 3. The Kier molecular flexibility index (Phi) is 22.3. The van der Waals surface area contributed by atoms with Crippen LogP contribution in [0.4, 0.5) is 4.39 Å². The summed E-state index contributed by atoms with van der Waals surface area (Å²) in [5.74, 6) is -4.74. The number of rotatable bonds is 13. The van der Waals surface area contributed by atoms with Gasteiger partial charge in [0.25, 0.3) is 0 Å². The molecule has 3 fully saturated rings. The third-order valence-corrected chi connectivity index (χ3v) is 14.4. The van der Waals surface area contributed by atoms with Gasteiger partial charge in [-0.25, -0.2) is 4.39 Å². The number of ketones is 1. The van der Waals surface area contributed by atoms with Crippen molar-refractivity contribution in [1.82, 2.24) is 10.2 Å². The van der Waals surface area contributed by atoms with Crippen LogP contribution in [0.3, 0.4) is 0 Å². The monoisotopic (exact) mass is 957 g/mol. The molecule has 0 bridgehead atoms. The fraction of sp³-hybridized carbons (Fsp3) is 0.820. The van der Waals surface area contributed by atoms with E-state index in [1.807, 2.05) is 27.8 Å². The third kappa shape index (κ3) is 14.9. The number of halogens is 1. The first-order valence-corrected chi connectivity index (χ1v) is 24.1. The van der Waals surface area contributed by atoms with Crippen LogP contribution in [0.15, 0.2) is 24.3 Å². The number of aliphatic hydroxyl groups is 4. The highest BCUT2D eigenvalue weighted by atomic mass is 19.1. The Morgan fingerprint density at radius 1 is 0.896 bits per heavy atom. The van der Waals surface area contributed by atoms with Gasteiger partial charge in [0.15, 0.2) is 12.6 Å². The summed E-state index contributed by atoms with van der Waals surface area (Å²) in [6.45, 7) is 22.0. The molecule has 16 nitrogen and oxygen atoms in total. The standard InChI is InChI=1S/C40H73NO13.C10H12FNO/c1-15-17-41(12)27-18-22(4)50-37(31(27)43)54-35-24(6)32(53-29-20-38(9,48-13)34(45)26(8)51-29)25(7)36(46)52-28(16-2)40(11,47)33(44)23(5)30(42)21(3)19-39(35,10)49-14;1-8(13)12-7-6-9-2-4-10(11)5-3-9/h21-29,31-35,37,43-45,47H,15-20H2,1-14H3;2-5H,6-7H2,1H3,(H,12,13)/t21-,22-,23+,24+,25-,26+,27+,28-,29+,31-,32+,33-,34+,35-,37+,38-,39-,40-;/m1./s1. The Bertz CT molecular complexity index is 1710. The van der Waals surface area contributed by atoms with Gasteiger partial charge < -0.3 is 63.8 Å². The average molecular weight is 957 g/mol. The quantitative estimate of drug-likeness (QED) is 0.169. The lowest BCUT2D eigenvalue weighted by Gasteiger charge is -2.50. The zero-order valence-electron chi connectivity index (χ0n) is 42.8. The second-order valence-corrected chi connectivity index (χ2v) is 20.0. The maximum atomic E-state index is 14.2. The Labute approximate surface area is 398 Å². The zero-order chi connectivity index (χ0) is 50.8. The van der Waals surface area contributed by atoms with Crippen molar-refractivity contribution >= 4 is 17.7 Å². The molecule has 3 saturated heterocycles. The number of cyclic esters (lactones) is 1. The van der Waals surface area contributed by atoms with Crippen LogP contribution in [0, 0.1) is 29.5 Å². The molecule has 1 aromatic rings. The Hall–Kier alpha value is -2.68. The number of likely N-dealkylation sites (N-methyl/N-ethyl adjacent to an activating group) is 1. The molecular formula is C50H85FN2O14. The molecule has 1 aromatic carbocycles. The van der Waals surface area contributed by atoms with Crippen molar-refractivity contribution in [3.63, 3.8) is 0 Å². The highest BCUT2D eigenvalue weighted by Crippen LogP contribution is 2.42. The van der Waals surface area contributed by atoms with Crippen LogP contribution in [0.2, 0.25) is 0 Å². The Balaban J connectivity index is 0.000000785. The third-order valence-electron chi connectivity index (χ3n) is 14.4. The van der Waals surface area contributed by atoms with E-state index in [0.717, 1.165) is 24.9 Å². The number of esters is 1. The molecule has 18 atom stereocenters. The van der Waals surface area contributed by atoms with Gasteiger partial charge in [-0.05, 0) is 105 Å². The molecule has 0 saturated carbocycles. The predicted octanol–water partition coefficient (Wildman–Crippen LogP) is 4.72. The van der Waals surface area contributed by atoms with Crippen molar-refractivity contribution in [2.45, 2.75) is 206 Å². The van der Waals surface area contributed by atoms with E-state index in [0.29, 0.717) is 13.0 Å². The van der Waals surface area contributed by atoms with Gasteiger partial charge in [0.05, 0.1) is 47.6 Å². The molecule has 3 aliphatic rings. The normalized spacial score (nSPS) is 40.3. The summed E-state index contributed by atoms with van der Waals surface area (Å²) in [7, 11) is 4.99. The fourth-order valence-electron chi connectivity index (χ4n) is 10.1. The lowest BCUT2D eigenvalue weighted by molar-refractivity contribution is -0.319. The summed E-state index contributed by atoms with van der Waals surface area (Å²) in [6.07, 6.45) is -7.08. The van der Waals surface area contributed by atoms with Gasteiger partial charge in [0, 0.05) is 57.9 Å². The number of nitrogens with one attached hydrogen (secondary N) is 1. The summed E-state index contributed by atoms with van der Waals surface area (Å²) in [6, 6.07) is 6.01. The average Bonchev–Trinajstić information content (AvgIpc) is 3.28. The second-order valence-electron chi connectivity index (χ2n) is 20.0. The molecule has 3 heterocycles. The number of aliphatic hydroxyl groups excluding tert-OH is 3. The van der Waals surface area contributed by atoms with Crippen molar-refractivity contribution in [2.75, 3.05) is 34.4 Å². The topological polar surface area (TPSA) is 212 Å². The van der Waals surface area contributed by atoms with E-state index in [1.54, 1.807) is 53.7 Å². The van der Waals surface area contributed by atoms with Crippen molar-refractivity contribution in [1.29, 1.82) is 0 Å². The molecule has 0 unspecified atom stereocenters. The molecule has 0 aliphatic carbocycles. The van der Waals surface area contributed by atoms with Gasteiger partial charge in [-0.15, -0.1) is 0 Å². The van der Waals surface area contributed by atoms with Crippen LogP contribution < -0.4 is 5.32 Å². The van der Waals surface area contributed by atoms with Gasteiger partial charge in [-0.3, -0.25) is 14.4 Å². The minimum absolute atomic E-state index is 0.0397. The lowest BCUT2D eigenvalue weighted by Crippen LogP contribution is -2.61. The van der Waals surface area contributed by atoms with Crippen LogP contribution in [0.25, 0.3) is 0 Å². The van der Waals surface area contributed by atoms with Gasteiger partial charge >= 0.3 is 5.97 Å². The molecule has 0 aromatic heterocycles. The first-order chi connectivity index (χ1) is 31.2. The summed E-state index contributed by atoms with van der Waals surface area (Å²) in [5.41, 5.74) is -3.23. The van der Waals surface area contributed by atoms with Crippen molar-refractivity contribution in [2.24, 2.45) is 23.7 Å². The molecule has 386 valence electrons. The first-order valence-electron chi connectivity index (χ1n) is 24.1. The Morgan fingerprint density at radius 3 is 2.06 bits per heavy atom. The molecule has 1 amide bonds. The molecule has 17 heteroatoms. The summed E-state index contributed by atoms with van der Waals surface area (Å²) < 4.78 is 56.6. The van der Waals surface area contributed by atoms with Gasteiger partial charge in [0.2, 0.25) is 5.91 Å². The van der Waals surface area contributed by atoms with Crippen LogP contribution in [-0.2, 0) is 54.0 Å². The molecule has 0 spiro atoms. The predicted molar refractivity (Wildman–Crippen MR) is 249 cm³/mol. The maximum Gasteiger partial charge on any atom is 0.311 e. The van der Waals surface area contributed by atoms with Crippen LogP contribution >= 0.6 is 0 Å². The minimum atomic E-state index is -1.97. The number of amides is 1. The van der Waals surface area contributed by atoms with E-state index in [2.05, 4.69) is 17.1 Å². The highest BCUT2D eigenvalue weighted by molar-refractivity contribution is 5.83. The smallest absolute Gasteiger partial charge is 0.311 e. The molecule has 67 heavy (non-hydrogen) atoms. The van der Waals surface area contributed by atoms with Gasteiger partial charge in [-0.2, -0.15) is 0 Å². The zero-order valence-corrected chi connectivity index (χ0v) is 42.8. The van der Waals surface area contributed by atoms with Crippen molar-refractivity contribution < 1.29 is 72.4 Å². The van der Waals surface area contributed by atoms with Gasteiger partial charge in [-0.1, -0.05) is 46.8 Å². The SMILES string of the molecule is CC(=O)NCCc1ccc(F)cc1.CCCN(C)[C@H]1C[C@@H](C)O[C@@H](O[C@@H]2[C@@H](C)[C@H](O[C@H]3C[C@@](C)(OC)[C@@H](O)[C@H](C)O3)[C@@H](C)C(=O)O[C@H](CC)[C@@](C)(O)[C@H](O)[C@@H](C)C(=O)[C@H](C)C[C@@]2(C)OC)[C@@H]1O. The molecule has 5 N–H and O–H groups in total. The van der Waals surface area contributed by atoms with E-state index in [9.17, 15) is 39.2 Å². The number of hydrogen-bond acceptors (Lipinski definition) is 15. The van der Waals surface area contributed by atoms with Crippen molar-refractivity contribution in [3.05, 3.63) is 35.6 Å². The second kappa shape index (κ2) is 25.4. The molecule has 4 rings (SSSR count). The molecular weight excluding hydrogens is 872 g/mol. The number of Topliss-reactive ketones (excluding diaryl/α,β-unsaturated/α-hetero) is 1. The number of methoxy groups -OCH3 is 2. The molecule has 3 aliphatic heterocycles. The van der Waals surface area contributed by atoms with Crippen LogP contribution in [0.1, 0.15) is 121 Å². The summed E-state index contributed by atoms with van der Waals surface area (Å²) in [4.78, 5) is 40.9. The van der Waals surface area contributed by atoms with Crippen LogP contribution in [0.5, 0.6) is 0 Å². The number of ether oxygens (including phenoxy) is 7. The summed E-state index contributed by atoms with van der Waals surface area (Å²) >= 11 is 0.